The molecule has 1 aliphatic rings. The summed E-state index contributed by atoms with van der Waals surface area (Å²) in [6.07, 6.45) is 4.19. The molecule has 0 atom stereocenters. The van der Waals surface area contributed by atoms with Gasteiger partial charge in [0.05, 0.1) is 22.5 Å². The van der Waals surface area contributed by atoms with E-state index in [4.69, 9.17) is 0 Å². The third-order valence-corrected chi connectivity index (χ3v) is 5.67. The first-order valence-electron chi connectivity index (χ1n) is 11.9. The van der Waals surface area contributed by atoms with E-state index in [2.05, 4.69) is 16.6 Å². The molecular weight excluding hydrogens is 483 g/mol. The molecule has 0 spiro atoms. The van der Waals surface area contributed by atoms with Gasteiger partial charge < -0.3 is 0 Å². The molecule has 0 radical (unpaired) electrons. The van der Waals surface area contributed by atoms with E-state index in [0.29, 0.717) is 23.0 Å². The highest BCUT2D eigenvalue weighted by Gasteiger charge is 2.34. The van der Waals surface area contributed by atoms with E-state index < -0.39 is 17.6 Å². The molecule has 0 aromatic heterocycles. The van der Waals surface area contributed by atoms with Crippen molar-refractivity contribution in [2.24, 2.45) is 9.98 Å². The van der Waals surface area contributed by atoms with Gasteiger partial charge in [0.1, 0.15) is 11.6 Å². The number of nitrogens with zero attached hydrogens (tertiary/aromatic N) is 2. The average Bonchev–Trinajstić information content (AvgIpc) is 3.26. The van der Waals surface area contributed by atoms with Gasteiger partial charge >= 0.3 is 6.18 Å². The minimum absolute atomic E-state index is 0.0756. The Kier molecular flexibility index (Phi) is 10.5. The van der Waals surface area contributed by atoms with E-state index >= 15 is 0 Å². The van der Waals surface area contributed by atoms with E-state index in [1.807, 2.05) is 52.0 Å². The molecule has 2 nitrogen and oxygen atoms in total. The molecule has 0 saturated heterocycles. The van der Waals surface area contributed by atoms with Gasteiger partial charge in [0, 0.05) is 0 Å². The standard InChI is InChI=1S/C15H16F4.C15H15FN2/c1-4-11(5-2)8-10(3)13-7-6-12(16)9-14(13)15(17,18)19;1-4-7-13-12(5-2)17-15(18-13)11-9-6-8-10(3)14(11)16/h6-9H,3-5H2,1-2H3;4-9H,1-3H3/b;7-4-,12-5+. The van der Waals surface area contributed by atoms with Crippen LogP contribution in [0.5, 0.6) is 0 Å². The number of allylic oxidation sites excluding steroid dienone is 6. The quantitative estimate of drug-likeness (QED) is 0.271. The van der Waals surface area contributed by atoms with Crippen LogP contribution in [-0.4, -0.2) is 11.5 Å². The van der Waals surface area contributed by atoms with Gasteiger partial charge in [-0.05, 0) is 74.6 Å². The number of alkyl halides is 3. The number of halogens is 5. The number of aryl methyl sites for hydroxylation is 1. The Morgan fingerprint density at radius 1 is 1.00 bits per heavy atom. The summed E-state index contributed by atoms with van der Waals surface area (Å²) in [6, 6.07) is 7.90. The molecule has 0 amide bonds. The first kappa shape index (κ1) is 29.6. The Balaban J connectivity index is 0.000000260. The number of hydrogen-bond acceptors (Lipinski definition) is 2. The van der Waals surface area contributed by atoms with Crippen LogP contribution < -0.4 is 0 Å². The molecule has 7 heteroatoms. The number of benzene rings is 2. The van der Waals surface area contributed by atoms with Gasteiger partial charge in [-0.1, -0.05) is 62.4 Å². The maximum atomic E-state index is 14.0. The van der Waals surface area contributed by atoms with E-state index in [9.17, 15) is 22.0 Å². The van der Waals surface area contributed by atoms with Crippen molar-refractivity contribution in [3.63, 3.8) is 0 Å². The lowest BCUT2D eigenvalue weighted by Gasteiger charge is -2.14. The summed E-state index contributed by atoms with van der Waals surface area (Å²) < 4.78 is 65.6. The van der Waals surface area contributed by atoms with Crippen molar-refractivity contribution in [2.75, 3.05) is 0 Å². The van der Waals surface area contributed by atoms with Crippen LogP contribution in [-0.2, 0) is 6.18 Å². The highest BCUT2D eigenvalue weighted by atomic mass is 19.4. The predicted molar refractivity (Wildman–Crippen MR) is 143 cm³/mol. The zero-order chi connectivity index (χ0) is 27.8. The third kappa shape index (κ3) is 7.68. The summed E-state index contributed by atoms with van der Waals surface area (Å²) in [7, 11) is 0. The maximum Gasteiger partial charge on any atom is 0.417 e. The molecule has 0 unspecified atom stereocenters. The topological polar surface area (TPSA) is 24.7 Å². The molecule has 0 aliphatic carbocycles. The van der Waals surface area contributed by atoms with Gasteiger partial charge in [-0.2, -0.15) is 13.2 Å². The van der Waals surface area contributed by atoms with Crippen molar-refractivity contribution < 1.29 is 22.0 Å². The SMILES string of the molecule is C/C=C\C1=NC(c2cccc(C)c2F)=N/C1=C/C.C=C(C=C(CC)CC)c1ccc(F)cc1C(F)(F)F. The Hall–Kier alpha value is -3.61. The molecular formula is C30H31F5N2. The van der Waals surface area contributed by atoms with Gasteiger partial charge in [-0.15, -0.1) is 0 Å². The summed E-state index contributed by atoms with van der Waals surface area (Å²) in [4.78, 5) is 8.74. The van der Waals surface area contributed by atoms with E-state index in [-0.39, 0.29) is 17.0 Å². The molecule has 0 N–H and O–H groups in total. The van der Waals surface area contributed by atoms with Gasteiger partial charge in [0.25, 0.3) is 0 Å². The fourth-order valence-corrected chi connectivity index (χ4v) is 3.61. The molecule has 2 aromatic rings. The van der Waals surface area contributed by atoms with E-state index in [1.54, 1.807) is 25.1 Å². The van der Waals surface area contributed by atoms with Crippen LogP contribution in [0.1, 0.15) is 62.8 Å². The molecule has 196 valence electrons. The first-order valence-corrected chi connectivity index (χ1v) is 11.9. The van der Waals surface area contributed by atoms with Crippen LogP contribution in [0, 0.1) is 18.6 Å². The molecule has 37 heavy (non-hydrogen) atoms. The van der Waals surface area contributed by atoms with Crippen LogP contribution >= 0.6 is 0 Å². The lowest BCUT2D eigenvalue weighted by Crippen LogP contribution is -2.09. The van der Waals surface area contributed by atoms with Crippen LogP contribution in [0.2, 0.25) is 0 Å². The van der Waals surface area contributed by atoms with Crippen molar-refractivity contribution in [3.05, 3.63) is 112 Å². The maximum absolute atomic E-state index is 14.0. The van der Waals surface area contributed by atoms with Gasteiger partial charge in [-0.3, -0.25) is 0 Å². The summed E-state index contributed by atoms with van der Waals surface area (Å²) in [5.74, 6) is -0.714. The van der Waals surface area contributed by atoms with Crippen molar-refractivity contribution in [1.82, 2.24) is 0 Å². The molecule has 1 heterocycles. The molecule has 1 aliphatic heterocycles. The average molecular weight is 515 g/mol. The predicted octanol–water partition coefficient (Wildman–Crippen LogP) is 9.42. The van der Waals surface area contributed by atoms with Gasteiger partial charge in [0.2, 0.25) is 0 Å². The van der Waals surface area contributed by atoms with Crippen molar-refractivity contribution in [3.8, 4) is 0 Å². The number of aliphatic imine (C=N–C) groups is 2. The Morgan fingerprint density at radius 3 is 2.24 bits per heavy atom. The molecule has 3 rings (SSSR count). The highest BCUT2D eigenvalue weighted by molar-refractivity contribution is 6.22. The van der Waals surface area contributed by atoms with Crippen molar-refractivity contribution >= 4 is 17.1 Å². The second kappa shape index (κ2) is 13.1. The molecule has 0 saturated carbocycles. The smallest absolute Gasteiger partial charge is 0.227 e. The van der Waals surface area contributed by atoms with E-state index in [0.717, 1.165) is 42.0 Å². The van der Waals surface area contributed by atoms with Crippen LogP contribution in [0.3, 0.4) is 0 Å². The van der Waals surface area contributed by atoms with Crippen molar-refractivity contribution in [1.29, 1.82) is 0 Å². The van der Waals surface area contributed by atoms with Crippen LogP contribution in [0.4, 0.5) is 22.0 Å². The molecule has 0 fully saturated rings. The highest BCUT2D eigenvalue weighted by Crippen LogP contribution is 2.36. The zero-order valence-electron chi connectivity index (χ0n) is 21.7. The van der Waals surface area contributed by atoms with Gasteiger partial charge in [-0.25, -0.2) is 18.8 Å². The summed E-state index contributed by atoms with van der Waals surface area (Å²) in [6.45, 7) is 13.1. The fourth-order valence-electron chi connectivity index (χ4n) is 3.61. The minimum Gasteiger partial charge on any atom is -0.227 e. The molecule has 2 aromatic carbocycles. The number of hydrogen-bond donors (Lipinski definition) is 0. The van der Waals surface area contributed by atoms with Crippen LogP contribution in [0.25, 0.3) is 5.57 Å². The Morgan fingerprint density at radius 2 is 1.68 bits per heavy atom. The lowest BCUT2D eigenvalue weighted by atomic mass is 9.97. The second-order valence-electron chi connectivity index (χ2n) is 8.27. The summed E-state index contributed by atoms with van der Waals surface area (Å²) in [5, 5.41) is 0. The van der Waals surface area contributed by atoms with Crippen molar-refractivity contribution in [2.45, 2.75) is 53.6 Å². The largest absolute Gasteiger partial charge is 0.417 e. The minimum atomic E-state index is -4.59. The third-order valence-electron chi connectivity index (χ3n) is 5.67. The normalized spacial score (nSPS) is 14.3. The van der Waals surface area contributed by atoms with E-state index in [1.165, 1.54) is 0 Å². The number of rotatable bonds is 6. The fraction of sp³-hybridized carbons (Fsp3) is 0.267. The first-order chi connectivity index (χ1) is 17.5. The van der Waals surface area contributed by atoms with Crippen LogP contribution in [0.15, 0.2) is 88.5 Å². The Bertz CT molecular complexity index is 1290. The monoisotopic (exact) mass is 514 g/mol. The Labute approximate surface area is 215 Å². The number of amidine groups is 1. The van der Waals surface area contributed by atoms with Gasteiger partial charge in [0.15, 0.2) is 5.84 Å². The lowest BCUT2D eigenvalue weighted by molar-refractivity contribution is -0.137. The summed E-state index contributed by atoms with van der Waals surface area (Å²) >= 11 is 0. The summed E-state index contributed by atoms with van der Waals surface area (Å²) in [5.41, 5.74) is 2.81. The second-order valence-corrected chi connectivity index (χ2v) is 8.27. The zero-order valence-corrected chi connectivity index (χ0v) is 21.7. The molecule has 0 bridgehead atoms.